The highest BCUT2D eigenvalue weighted by Crippen LogP contribution is 2.20. The van der Waals surface area contributed by atoms with Crippen LogP contribution in [0.25, 0.3) is 46.4 Å². The summed E-state index contributed by atoms with van der Waals surface area (Å²) in [4.78, 5) is 88.5. The summed E-state index contributed by atoms with van der Waals surface area (Å²) in [5.74, 6) is -0.824. The molecule has 496 valence electrons. The molecule has 28 nitrogen and oxygen atoms in total. The quantitative estimate of drug-likeness (QED) is 0.0270. The fraction of sp³-hybridized carbons (Fsp3) is 0.645. The maximum atomic E-state index is 14.4. The Hall–Kier alpha value is -7.82. The molecule has 6 rings (SSSR count). The maximum absolute atomic E-state index is 14.4. The number of esters is 4. The Bertz CT molecular complexity index is 3470. The number of aryl methyl sites for hydroxylation is 3. The van der Waals surface area contributed by atoms with Crippen LogP contribution in [-0.2, 0) is 57.8 Å². The number of unbranched alkanes of at least 4 members (excludes halogenated alkanes) is 6. The number of nitrogens with one attached hydrogen (secondary N) is 2. The molecule has 6 heterocycles. The summed E-state index contributed by atoms with van der Waals surface area (Å²) in [6, 6.07) is 0. The number of carbonyl (C=O) groups excluding carboxylic acids is 4. The fourth-order valence-electron chi connectivity index (χ4n) is 10.5. The second-order valence-corrected chi connectivity index (χ2v) is 23.2. The van der Waals surface area contributed by atoms with Gasteiger partial charge < -0.3 is 64.2 Å². The molecule has 0 fully saturated rings. The lowest BCUT2D eigenvalue weighted by molar-refractivity contribution is -0.776. The first-order valence-corrected chi connectivity index (χ1v) is 31.6. The SMILES string of the molecule is CC(=O)O[C@@H](CCCCn1nc(OCCCC[C@@H](C)OC(C)=O)c2cnncc2c1=O)C[NH+]1C=c2c(c(OCCCC[C@@H](C)OC(C)=O)nn(CCCCC(O)C[NH+]3C=c4c(c(OCCCC[C@@H](C)O)nn(CCCC[C@@H](C)OC(C)=O)c4=O)=C[N-]3)c2=O)=C[N-]1. The molecule has 0 radical (unpaired) electrons. The fourth-order valence-corrected chi connectivity index (χ4v) is 10.5. The average Bonchev–Trinajstić information content (AvgIpc) is 0.973. The normalized spacial score (nSPS) is 16.1. The zero-order chi connectivity index (χ0) is 65.1. The Balaban J connectivity index is 1.11. The molecule has 0 saturated carbocycles. The second-order valence-electron chi connectivity index (χ2n) is 23.2. The summed E-state index contributed by atoms with van der Waals surface area (Å²) in [5, 5.41) is 45.9. The molecule has 0 amide bonds. The molecule has 90 heavy (non-hydrogen) atoms. The Kier molecular flexibility index (Phi) is 29.1. The first-order chi connectivity index (χ1) is 43.1. The molecule has 8 atom stereocenters. The number of carbonyl (C=O) groups is 4. The van der Waals surface area contributed by atoms with E-state index < -0.39 is 29.8 Å². The number of rotatable bonds is 41. The maximum Gasteiger partial charge on any atom is 0.303 e. The molecule has 0 aliphatic carbocycles. The smallest absolute Gasteiger partial charge is 0.303 e. The molecule has 4 N–H and O–H groups in total. The standard InChI is InChI=1S/C62H92N12O16/c1-41(75)21-12-18-30-85-58-52-35-65-70(39-55(52)61(82)73(68-58)27-15-9-22-42(2)87-45(5)76)37-49(80)25-10-16-28-74-62(83)56-40-71(66-36-53(56)59(69-74)86-32-20-14-24-44(4)89-47(7)78)38-50(90-48(8)79)26-11-17-29-72-60(81)54-34-64-63-33-51(54)57(67-72)84-31-19-13-23-43(3)88-46(6)77/h33-36,39-44,49-50,70-71,75,80H,9-32,37-38H2,1-8H3/t41-,42-,43-,44-,49?,50+/m1/s1. The zero-order valence-electron chi connectivity index (χ0n) is 53.4. The van der Waals surface area contributed by atoms with Gasteiger partial charge in [-0.15, -0.1) is 27.7 Å². The van der Waals surface area contributed by atoms with E-state index in [4.69, 9.17) is 33.2 Å². The topological polar surface area (TPSA) is 341 Å². The second kappa shape index (κ2) is 36.7. The zero-order valence-corrected chi connectivity index (χ0v) is 53.4. The minimum absolute atomic E-state index is 0.147. The van der Waals surface area contributed by atoms with Crippen LogP contribution in [0, 0.1) is 0 Å². The molecule has 4 aromatic heterocycles. The summed E-state index contributed by atoms with van der Waals surface area (Å²) >= 11 is 0. The van der Waals surface area contributed by atoms with Crippen LogP contribution in [0.15, 0.2) is 26.8 Å². The molecule has 2 aliphatic rings. The third kappa shape index (κ3) is 23.5. The van der Waals surface area contributed by atoms with Crippen LogP contribution in [0.2, 0.25) is 0 Å². The van der Waals surface area contributed by atoms with E-state index in [-0.39, 0.29) is 97.8 Å². The van der Waals surface area contributed by atoms with Crippen molar-refractivity contribution < 1.29 is 72.6 Å². The van der Waals surface area contributed by atoms with Crippen molar-refractivity contribution in [3.05, 3.63) is 75.2 Å². The molecule has 0 bridgehead atoms. The minimum atomic E-state index is -0.844. The lowest BCUT2D eigenvalue weighted by Gasteiger charge is -2.31. The summed E-state index contributed by atoms with van der Waals surface area (Å²) in [7, 11) is 0. The van der Waals surface area contributed by atoms with Gasteiger partial charge in [0.15, 0.2) is 6.10 Å². The number of hydrogen-bond donors (Lipinski definition) is 4. The number of aliphatic hydroxyl groups is 2. The molecule has 0 saturated heterocycles. The van der Waals surface area contributed by atoms with Gasteiger partial charge in [-0.2, -0.15) is 10.2 Å². The highest BCUT2D eigenvalue weighted by atomic mass is 16.6. The van der Waals surface area contributed by atoms with Crippen molar-refractivity contribution in [2.75, 3.05) is 32.9 Å². The van der Waals surface area contributed by atoms with Crippen molar-refractivity contribution in [2.45, 2.75) is 227 Å². The molecular formula is C62H92N12O16. The van der Waals surface area contributed by atoms with E-state index in [9.17, 15) is 43.8 Å². The van der Waals surface area contributed by atoms with Crippen LogP contribution >= 0.6 is 0 Å². The van der Waals surface area contributed by atoms with Crippen molar-refractivity contribution in [1.29, 1.82) is 0 Å². The van der Waals surface area contributed by atoms with Gasteiger partial charge in [-0.1, -0.05) is 0 Å². The molecule has 3 unspecified atom stereocenters. The third-order valence-electron chi connectivity index (χ3n) is 15.0. The number of aromatic nitrogens is 8. The van der Waals surface area contributed by atoms with Crippen LogP contribution in [0.3, 0.4) is 0 Å². The lowest BCUT2D eigenvalue weighted by atomic mass is 10.1. The molecule has 28 heteroatoms. The van der Waals surface area contributed by atoms with Gasteiger partial charge in [-0.05, 0) is 143 Å². The van der Waals surface area contributed by atoms with Crippen LogP contribution in [0.1, 0.15) is 171 Å². The van der Waals surface area contributed by atoms with E-state index in [1.807, 2.05) is 20.8 Å². The molecule has 4 aromatic rings. The van der Waals surface area contributed by atoms with Crippen LogP contribution in [0.4, 0.5) is 0 Å². The average molecular weight is 1260 g/mol. The third-order valence-corrected chi connectivity index (χ3v) is 15.0. The van der Waals surface area contributed by atoms with Crippen LogP contribution in [0.5, 0.6) is 17.6 Å². The highest BCUT2D eigenvalue weighted by Gasteiger charge is 2.22. The van der Waals surface area contributed by atoms with Gasteiger partial charge in [0.2, 0.25) is 17.6 Å². The van der Waals surface area contributed by atoms with Gasteiger partial charge in [0, 0.05) is 57.8 Å². The largest absolute Gasteiger partial charge is 0.490 e. The van der Waals surface area contributed by atoms with Crippen LogP contribution in [-0.4, -0.2) is 143 Å². The van der Waals surface area contributed by atoms with E-state index in [1.165, 1.54) is 60.3 Å². The van der Waals surface area contributed by atoms with E-state index >= 15 is 0 Å². The van der Waals surface area contributed by atoms with E-state index in [0.29, 0.717) is 164 Å². The van der Waals surface area contributed by atoms with Gasteiger partial charge in [0.1, 0.15) is 42.0 Å². The van der Waals surface area contributed by atoms with E-state index in [0.717, 1.165) is 12.8 Å². The summed E-state index contributed by atoms with van der Waals surface area (Å²) in [6.45, 7) is 14.6. The Morgan fingerprint density at radius 3 is 1.32 bits per heavy atom. The Morgan fingerprint density at radius 2 is 0.856 bits per heavy atom. The van der Waals surface area contributed by atoms with Gasteiger partial charge >= 0.3 is 23.9 Å². The van der Waals surface area contributed by atoms with Gasteiger partial charge in [0.05, 0.1) is 67.4 Å². The van der Waals surface area contributed by atoms with E-state index in [1.54, 1.807) is 25.5 Å². The Morgan fingerprint density at radius 1 is 0.467 bits per heavy atom. The van der Waals surface area contributed by atoms with Crippen molar-refractivity contribution in [3.63, 3.8) is 0 Å². The van der Waals surface area contributed by atoms with Crippen molar-refractivity contribution in [2.24, 2.45) is 0 Å². The number of hydrogen-bond acceptors (Lipinski definition) is 21. The first-order valence-electron chi connectivity index (χ1n) is 31.6. The van der Waals surface area contributed by atoms with Gasteiger partial charge in [-0.25, -0.2) is 14.0 Å². The predicted octanol–water partition coefficient (Wildman–Crippen LogP) is 0.713. The lowest BCUT2D eigenvalue weighted by Crippen LogP contribution is -3.05. The Labute approximate surface area is 522 Å². The number of ether oxygens (including phenoxy) is 7. The summed E-state index contributed by atoms with van der Waals surface area (Å²) in [5.41, 5.74) is 8.20. The number of quaternary nitrogens is 2. The first kappa shape index (κ1) is 71.3. The van der Waals surface area contributed by atoms with Crippen molar-refractivity contribution >= 4 is 59.4 Å². The monoisotopic (exact) mass is 1260 g/mol. The van der Waals surface area contributed by atoms with E-state index in [2.05, 4.69) is 36.3 Å². The number of nitrogens with zero attached hydrogens (tertiary/aromatic N) is 10. The number of aliphatic hydroxyl groups excluding tert-OH is 2. The minimum Gasteiger partial charge on any atom is -0.490 e. The van der Waals surface area contributed by atoms with Gasteiger partial charge in [-0.3, -0.25) is 33.6 Å². The molecule has 0 spiro atoms. The number of fused-ring (bicyclic) bond motifs is 3. The predicted molar refractivity (Wildman–Crippen MR) is 330 cm³/mol. The van der Waals surface area contributed by atoms with Crippen LogP contribution < -0.4 is 61.8 Å². The summed E-state index contributed by atoms with van der Waals surface area (Å²) < 4.78 is 44.0. The molecule has 2 aliphatic heterocycles. The highest BCUT2D eigenvalue weighted by molar-refractivity contribution is 5.84. The molecule has 0 aromatic carbocycles. The summed E-state index contributed by atoms with van der Waals surface area (Å²) in [6.07, 6.45) is 17.2. The van der Waals surface area contributed by atoms with Crippen molar-refractivity contribution in [1.82, 2.24) is 39.5 Å². The molecular weight excluding hydrogens is 1170 g/mol. The van der Waals surface area contributed by atoms with Gasteiger partial charge in [0.25, 0.3) is 16.7 Å². The van der Waals surface area contributed by atoms with Crippen molar-refractivity contribution in [3.8, 4) is 17.6 Å².